The topological polar surface area (TPSA) is 22.2 Å². The maximum absolute atomic E-state index is 5.74. The van der Waals surface area contributed by atoms with Gasteiger partial charge in [-0.2, -0.15) is 0 Å². The lowest BCUT2D eigenvalue weighted by Gasteiger charge is -2.69. The number of methoxy groups -OCH3 is 1. The average molecular weight is 306 g/mol. The first-order valence-corrected chi connectivity index (χ1v) is 8.74. The first-order chi connectivity index (χ1) is 10.6. The van der Waals surface area contributed by atoms with Crippen LogP contribution in [0.2, 0.25) is 0 Å². The molecular formula is C17H30N4O. The first kappa shape index (κ1) is 15.1. The van der Waals surface area contributed by atoms with Gasteiger partial charge in [-0.3, -0.25) is 19.6 Å². The quantitative estimate of drug-likeness (QED) is 0.712. The Morgan fingerprint density at radius 2 is 1.64 bits per heavy atom. The smallest absolute Gasteiger partial charge is 0.104 e. The van der Waals surface area contributed by atoms with Gasteiger partial charge in [0.25, 0.3) is 0 Å². The zero-order chi connectivity index (χ0) is 15.5. The van der Waals surface area contributed by atoms with Gasteiger partial charge in [-0.15, -0.1) is 6.58 Å². The van der Waals surface area contributed by atoms with Crippen LogP contribution in [0.1, 0.15) is 20.3 Å². The van der Waals surface area contributed by atoms with Gasteiger partial charge in [-0.1, -0.05) is 6.08 Å². The molecule has 4 aliphatic rings. The number of nitrogens with zero attached hydrogens (tertiary/aromatic N) is 4. The standard InChI is InChI=1S/C17H30N4O/c1-5-15(22-4)14-13-20-10-9-18-7-6-8-19-11-12-21(14)17(20,3)16(18,19)2/h5,14-15H,1,6-13H2,2-4H3. The second-order valence-electron chi connectivity index (χ2n) is 7.51. The maximum atomic E-state index is 5.74. The fraction of sp³-hybridized carbons (Fsp3) is 0.882. The van der Waals surface area contributed by atoms with Crippen LogP contribution in [0.3, 0.4) is 0 Å². The van der Waals surface area contributed by atoms with Crippen LogP contribution in [0.5, 0.6) is 0 Å². The van der Waals surface area contributed by atoms with Crippen molar-refractivity contribution in [3.63, 3.8) is 0 Å². The molecule has 0 aliphatic carbocycles. The van der Waals surface area contributed by atoms with Crippen molar-refractivity contribution in [3.05, 3.63) is 12.7 Å². The predicted molar refractivity (Wildman–Crippen MR) is 87.6 cm³/mol. The molecule has 0 bridgehead atoms. The summed E-state index contributed by atoms with van der Waals surface area (Å²) in [5, 5.41) is 0. The Morgan fingerprint density at radius 1 is 1.00 bits per heavy atom. The van der Waals surface area contributed by atoms with Crippen LogP contribution in [-0.4, -0.2) is 96.0 Å². The average Bonchev–Trinajstić information content (AvgIpc) is 2.81. The zero-order valence-electron chi connectivity index (χ0n) is 14.3. The number of rotatable bonds is 3. The highest BCUT2D eigenvalue weighted by Gasteiger charge is 2.67. The molecule has 0 amide bonds. The molecule has 0 spiro atoms. The van der Waals surface area contributed by atoms with Crippen molar-refractivity contribution in [1.82, 2.24) is 19.6 Å². The third-order valence-corrected chi connectivity index (χ3v) is 7.10. The molecule has 22 heavy (non-hydrogen) atoms. The molecule has 4 rings (SSSR count). The van der Waals surface area contributed by atoms with Crippen LogP contribution in [0.15, 0.2) is 12.7 Å². The van der Waals surface area contributed by atoms with Crippen LogP contribution in [0.4, 0.5) is 0 Å². The summed E-state index contributed by atoms with van der Waals surface area (Å²) in [4.78, 5) is 10.9. The summed E-state index contributed by atoms with van der Waals surface area (Å²) >= 11 is 0. The Bertz CT molecular complexity index is 464. The minimum Gasteiger partial charge on any atom is -0.376 e. The summed E-state index contributed by atoms with van der Waals surface area (Å²) in [5.41, 5.74) is 0.199. The van der Waals surface area contributed by atoms with Crippen LogP contribution < -0.4 is 0 Å². The molecule has 0 aromatic carbocycles. The lowest BCUT2D eigenvalue weighted by molar-refractivity contribution is -0.253. The summed E-state index contributed by atoms with van der Waals surface area (Å²) in [5.74, 6) is 0. The van der Waals surface area contributed by atoms with E-state index < -0.39 is 0 Å². The molecule has 4 saturated heterocycles. The van der Waals surface area contributed by atoms with Crippen molar-refractivity contribution < 1.29 is 4.74 Å². The van der Waals surface area contributed by atoms with Crippen LogP contribution in [0.25, 0.3) is 0 Å². The number of hydrogen-bond acceptors (Lipinski definition) is 5. The summed E-state index contributed by atoms with van der Waals surface area (Å²) < 4.78 is 5.74. The predicted octanol–water partition coefficient (Wildman–Crippen LogP) is 0.641. The molecule has 0 aromatic heterocycles. The third-order valence-electron chi connectivity index (χ3n) is 7.10. The van der Waals surface area contributed by atoms with Crippen molar-refractivity contribution in [2.45, 2.75) is 43.7 Å². The van der Waals surface area contributed by atoms with E-state index in [2.05, 4.69) is 40.0 Å². The minimum atomic E-state index is 0.0778. The van der Waals surface area contributed by atoms with Gasteiger partial charge in [0, 0.05) is 52.9 Å². The number of hydrogen-bond donors (Lipinski definition) is 0. The van der Waals surface area contributed by atoms with Crippen molar-refractivity contribution in [1.29, 1.82) is 0 Å². The molecule has 4 atom stereocenters. The number of piperazine rings is 2. The molecule has 0 radical (unpaired) electrons. The van der Waals surface area contributed by atoms with E-state index in [1.165, 1.54) is 39.1 Å². The normalized spacial score (nSPS) is 44.8. The van der Waals surface area contributed by atoms with Crippen LogP contribution >= 0.6 is 0 Å². The van der Waals surface area contributed by atoms with E-state index in [0.717, 1.165) is 13.1 Å². The van der Waals surface area contributed by atoms with E-state index >= 15 is 0 Å². The first-order valence-electron chi connectivity index (χ1n) is 8.74. The van der Waals surface area contributed by atoms with E-state index in [-0.39, 0.29) is 17.4 Å². The molecule has 5 nitrogen and oxygen atoms in total. The summed E-state index contributed by atoms with van der Waals surface area (Å²) in [6.45, 7) is 17.2. The third kappa shape index (κ3) is 1.61. The second-order valence-corrected chi connectivity index (χ2v) is 7.51. The summed E-state index contributed by atoms with van der Waals surface area (Å²) in [7, 11) is 1.82. The van der Waals surface area contributed by atoms with Crippen LogP contribution in [-0.2, 0) is 4.74 Å². The highest BCUT2D eigenvalue weighted by atomic mass is 16.5. The Hall–Kier alpha value is -0.460. The van der Waals surface area contributed by atoms with Gasteiger partial charge in [0.15, 0.2) is 0 Å². The molecule has 4 fully saturated rings. The van der Waals surface area contributed by atoms with E-state index in [1.807, 2.05) is 13.2 Å². The number of ether oxygens (including phenoxy) is 1. The molecule has 124 valence electrons. The highest BCUT2D eigenvalue weighted by Crippen LogP contribution is 2.50. The van der Waals surface area contributed by atoms with E-state index in [9.17, 15) is 0 Å². The molecule has 4 heterocycles. The molecule has 0 saturated carbocycles. The fourth-order valence-electron chi connectivity index (χ4n) is 5.78. The molecular weight excluding hydrogens is 276 g/mol. The zero-order valence-corrected chi connectivity index (χ0v) is 14.3. The molecule has 5 heteroatoms. The van der Waals surface area contributed by atoms with Gasteiger partial charge in [0.2, 0.25) is 0 Å². The fourth-order valence-corrected chi connectivity index (χ4v) is 5.78. The Morgan fingerprint density at radius 3 is 2.27 bits per heavy atom. The van der Waals surface area contributed by atoms with Gasteiger partial charge in [-0.05, 0) is 20.3 Å². The Kier molecular flexibility index (Phi) is 3.44. The van der Waals surface area contributed by atoms with E-state index in [0.29, 0.717) is 6.04 Å². The second kappa shape index (κ2) is 5.02. The van der Waals surface area contributed by atoms with Gasteiger partial charge in [0.05, 0.1) is 12.1 Å². The minimum absolute atomic E-state index is 0.0778. The largest absolute Gasteiger partial charge is 0.376 e. The molecule has 0 aromatic rings. The van der Waals surface area contributed by atoms with E-state index in [4.69, 9.17) is 4.74 Å². The van der Waals surface area contributed by atoms with Gasteiger partial charge in [-0.25, -0.2) is 0 Å². The Labute approximate surface area is 134 Å². The molecule has 4 unspecified atom stereocenters. The van der Waals surface area contributed by atoms with Gasteiger partial charge < -0.3 is 4.74 Å². The van der Waals surface area contributed by atoms with Crippen LogP contribution in [0, 0.1) is 0 Å². The molecule has 0 N–H and O–H groups in total. The highest BCUT2D eigenvalue weighted by molar-refractivity contribution is 5.20. The summed E-state index contributed by atoms with van der Waals surface area (Å²) in [6, 6.07) is 0.424. The van der Waals surface area contributed by atoms with E-state index in [1.54, 1.807) is 0 Å². The molecule has 4 aliphatic heterocycles. The van der Waals surface area contributed by atoms with Crippen molar-refractivity contribution in [2.75, 3.05) is 52.9 Å². The lowest BCUT2D eigenvalue weighted by atomic mass is 9.83. The van der Waals surface area contributed by atoms with Gasteiger partial charge >= 0.3 is 0 Å². The van der Waals surface area contributed by atoms with Crippen molar-refractivity contribution in [3.8, 4) is 0 Å². The van der Waals surface area contributed by atoms with Crippen molar-refractivity contribution >= 4 is 0 Å². The monoisotopic (exact) mass is 306 g/mol. The Balaban J connectivity index is 1.76. The van der Waals surface area contributed by atoms with Crippen molar-refractivity contribution in [2.24, 2.45) is 0 Å². The van der Waals surface area contributed by atoms with Gasteiger partial charge in [0.1, 0.15) is 11.3 Å². The summed E-state index contributed by atoms with van der Waals surface area (Å²) in [6.07, 6.45) is 3.41. The SMILES string of the molecule is C=CC(OC)C1CN2CCN3CCCN4CCN1C2(C)C34C. The maximum Gasteiger partial charge on any atom is 0.104 e. The lowest BCUT2D eigenvalue weighted by Crippen LogP contribution is -2.85.